The Morgan fingerprint density at radius 1 is 1.31 bits per heavy atom. The zero-order chi connectivity index (χ0) is 9.52. The van der Waals surface area contributed by atoms with E-state index < -0.39 is 0 Å². The van der Waals surface area contributed by atoms with Crippen LogP contribution in [-0.4, -0.2) is 42.3 Å². The van der Waals surface area contributed by atoms with Gasteiger partial charge in [-0.15, -0.1) is 0 Å². The maximum absolute atomic E-state index is 8.61. The van der Waals surface area contributed by atoms with Gasteiger partial charge in [-0.25, -0.2) is 0 Å². The Morgan fingerprint density at radius 2 is 2.15 bits per heavy atom. The quantitative estimate of drug-likeness (QED) is 0.617. The number of piperidine rings is 1. The van der Waals surface area contributed by atoms with Crippen molar-refractivity contribution >= 4 is 0 Å². The fraction of sp³-hybridized carbons (Fsp3) is 1.00. The zero-order valence-corrected chi connectivity index (χ0v) is 8.41. The van der Waals surface area contributed by atoms with Crippen molar-refractivity contribution in [1.29, 1.82) is 0 Å². The van der Waals surface area contributed by atoms with E-state index in [9.17, 15) is 0 Å². The lowest BCUT2D eigenvalue weighted by Crippen LogP contribution is -2.43. The van der Waals surface area contributed by atoms with Crippen LogP contribution in [0, 0.1) is 0 Å². The summed E-state index contributed by atoms with van der Waals surface area (Å²) in [5, 5.41) is 8.61. The van der Waals surface area contributed by atoms with Gasteiger partial charge in [-0.3, -0.25) is 0 Å². The van der Waals surface area contributed by atoms with Gasteiger partial charge in [-0.05, 0) is 45.2 Å². The Kier molecular flexibility index (Phi) is 5.35. The molecular weight excluding hydrogens is 164 g/mol. The molecule has 1 rings (SSSR count). The number of likely N-dealkylation sites (tertiary alicyclic amines) is 1. The first-order chi connectivity index (χ1) is 6.33. The van der Waals surface area contributed by atoms with Gasteiger partial charge in [0, 0.05) is 19.2 Å². The monoisotopic (exact) mass is 186 g/mol. The molecule has 13 heavy (non-hydrogen) atoms. The lowest BCUT2D eigenvalue weighted by molar-refractivity contribution is 0.202. The average Bonchev–Trinajstić information content (AvgIpc) is 2.13. The highest BCUT2D eigenvalue weighted by atomic mass is 16.2. The van der Waals surface area contributed by atoms with E-state index in [0.29, 0.717) is 12.6 Å². The zero-order valence-electron chi connectivity index (χ0n) is 8.41. The summed E-state index contributed by atoms with van der Waals surface area (Å²) >= 11 is 0. The maximum Gasteiger partial charge on any atom is 0.0431 e. The van der Waals surface area contributed by atoms with Crippen LogP contribution in [0.4, 0.5) is 0 Å². The number of hydrogen-bond acceptors (Lipinski definition) is 3. The summed E-state index contributed by atoms with van der Waals surface area (Å²) in [7, 11) is 0. The van der Waals surface area contributed by atoms with E-state index in [1.165, 1.54) is 25.8 Å². The van der Waals surface area contributed by atoms with Crippen LogP contribution >= 0.6 is 0 Å². The first-order valence-electron chi connectivity index (χ1n) is 5.41. The molecule has 0 radical (unpaired) electrons. The summed E-state index contributed by atoms with van der Waals surface area (Å²) in [6.07, 6.45) is 5.73. The van der Waals surface area contributed by atoms with Crippen molar-refractivity contribution in [1.82, 2.24) is 4.90 Å². The highest BCUT2D eigenvalue weighted by Crippen LogP contribution is 2.09. The lowest BCUT2D eigenvalue weighted by Gasteiger charge is -2.30. The second-order valence-electron chi connectivity index (χ2n) is 3.99. The lowest BCUT2D eigenvalue weighted by atomic mass is 10.1. The molecule has 0 saturated carbocycles. The second kappa shape index (κ2) is 6.35. The van der Waals surface area contributed by atoms with Crippen molar-refractivity contribution in [2.45, 2.75) is 38.1 Å². The standard InChI is InChI=1S/C10H22N2O/c11-10-5-4-7-12(9-10)6-2-1-3-8-13/h10,13H,1-9,11H2/t10-/m1/s1. The fourth-order valence-electron chi connectivity index (χ4n) is 1.92. The maximum atomic E-state index is 8.61. The van der Waals surface area contributed by atoms with Crippen molar-refractivity contribution in [3.63, 3.8) is 0 Å². The molecule has 0 aromatic carbocycles. The van der Waals surface area contributed by atoms with Crippen LogP contribution in [0.3, 0.4) is 0 Å². The highest BCUT2D eigenvalue weighted by Gasteiger charge is 2.15. The Balaban J connectivity index is 2.00. The molecule has 0 unspecified atom stereocenters. The molecule has 3 N–H and O–H groups in total. The Morgan fingerprint density at radius 3 is 2.85 bits per heavy atom. The predicted molar refractivity (Wildman–Crippen MR) is 54.6 cm³/mol. The Hall–Kier alpha value is -0.120. The van der Waals surface area contributed by atoms with E-state index >= 15 is 0 Å². The third kappa shape index (κ3) is 4.60. The number of hydrogen-bond donors (Lipinski definition) is 2. The van der Waals surface area contributed by atoms with Crippen molar-refractivity contribution in [3.05, 3.63) is 0 Å². The van der Waals surface area contributed by atoms with E-state index in [1.807, 2.05) is 0 Å². The van der Waals surface area contributed by atoms with Gasteiger partial charge in [-0.2, -0.15) is 0 Å². The summed E-state index contributed by atoms with van der Waals surface area (Å²) in [5.41, 5.74) is 5.87. The predicted octanol–water partition coefficient (Wildman–Crippen LogP) is 0.572. The van der Waals surface area contributed by atoms with Gasteiger partial charge in [0.2, 0.25) is 0 Å². The third-order valence-electron chi connectivity index (χ3n) is 2.67. The number of nitrogens with zero attached hydrogens (tertiary/aromatic N) is 1. The summed E-state index contributed by atoms with van der Waals surface area (Å²) < 4.78 is 0. The molecule has 0 aromatic rings. The van der Waals surface area contributed by atoms with E-state index in [1.54, 1.807) is 0 Å². The minimum absolute atomic E-state index is 0.333. The molecule has 1 heterocycles. The van der Waals surface area contributed by atoms with Crippen LogP contribution in [0.25, 0.3) is 0 Å². The number of unbranched alkanes of at least 4 members (excludes halogenated alkanes) is 2. The molecular formula is C10H22N2O. The van der Waals surface area contributed by atoms with E-state index in [4.69, 9.17) is 10.8 Å². The number of rotatable bonds is 5. The van der Waals surface area contributed by atoms with E-state index in [-0.39, 0.29) is 0 Å². The molecule has 1 aliphatic rings. The summed E-state index contributed by atoms with van der Waals surface area (Å²) in [6, 6.07) is 0.395. The van der Waals surface area contributed by atoms with Gasteiger partial charge in [0.05, 0.1) is 0 Å². The fourth-order valence-corrected chi connectivity index (χ4v) is 1.92. The Labute approximate surface area is 80.9 Å². The van der Waals surface area contributed by atoms with Crippen molar-refractivity contribution in [3.8, 4) is 0 Å². The summed E-state index contributed by atoms with van der Waals surface area (Å²) in [5.74, 6) is 0. The molecule has 3 nitrogen and oxygen atoms in total. The molecule has 1 fully saturated rings. The van der Waals surface area contributed by atoms with Crippen LogP contribution in [0.2, 0.25) is 0 Å². The molecule has 0 aliphatic carbocycles. The smallest absolute Gasteiger partial charge is 0.0431 e. The molecule has 0 spiro atoms. The van der Waals surface area contributed by atoms with Gasteiger partial charge in [-0.1, -0.05) is 0 Å². The average molecular weight is 186 g/mol. The van der Waals surface area contributed by atoms with Crippen molar-refractivity contribution < 1.29 is 5.11 Å². The topological polar surface area (TPSA) is 49.5 Å². The van der Waals surface area contributed by atoms with Crippen molar-refractivity contribution in [2.75, 3.05) is 26.2 Å². The minimum Gasteiger partial charge on any atom is -0.396 e. The normalized spacial score (nSPS) is 24.9. The van der Waals surface area contributed by atoms with Gasteiger partial charge >= 0.3 is 0 Å². The largest absolute Gasteiger partial charge is 0.396 e. The van der Waals surface area contributed by atoms with Crippen LogP contribution < -0.4 is 5.73 Å². The number of aliphatic hydroxyl groups excluding tert-OH is 1. The summed E-state index contributed by atoms with van der Waals surface area (Å²) in [6.45, 7) is 3.78. The first-order valence-corrected chi connectivity index (χ1v) is 5.41. The molecule has 0 amide bonds. The molecule has 3 heteroatoms. The SMILES string of the molecule is N[C@@H]1CCCN(CCCCCO)C1. The highest BCUT2D eigenvalue weighted by molar-refractivity contribution is 4.74. The van der Waals surface area contributed by atoms with Crippen molar-refractivity contribution in [2.24, 2.45) is 5.73 Å². The third-order valence-corrected chi connectivity index (χ3v) is 2.67. The number of nitrogens with two attached hydrogens (primary N) is 1. The molecule has 78 valence electrons. The van der Waals surface area contributed by atoms with Gasteiger partial charge in [0.1, 0.15) is 0 Å². The molecule has 1 aliphatic heterocycles. The van der Waals surface area contributed by atoms with Gasteiger partial charge in [0.15, 0.2) is 0 Å². The first kappa shape index (κ1) is 11.0. The van der Waals surface area contributed by atoms with Crippen LogP contribution in [-0.2, 0) is 0 Å². The van der Waals surface area contributed by atoms with E-state index in [0.717, 1.165) is 25.9 Å². The van der Waals surface area contributed by atoms with Gasteiger partial charge < -0.3 is 15.7 Å². The molecule has 1 saturated heterocycles. The second-order valence-corrected chi connectivity index (χ2v) is 3.99. The molecule has 0 bridgehead atoms. The minimum atomic E-state index is 0.333. The molecule has 0 aromatic heterocycles. The van der Waals surface area contributed by atoms with Gasteiger partial charge in [0.25, 0.3) is 0 Å². The molecule has 1 atom stereocenters. The van der Waals surface area contributed by atoms with Crippen LogP contribution in [0.1, 0.15) is 32.1 Å². The Bertz CT molecular complexity index is 130. The summed E-state index contributed by atoms with van der Waals surface area (Å²) in [4.78, 5) is 2.45. The van der Waals surface area contributed by atoms with Crippen LogP contribution in [0.15, 0.2) is 0 Å². The van der Waals surface area contributed by atoms with E-state index in [2.05, 4.69) is 4.90 Å². The number of aliphatic hydroxyl groups is 1. The van der Waals surface area contributed by atoms with Crippen LogP contribution in [0.5, 0.6) is 0 Å².